The first-order valence-electron chi connectivity index (χ1n) is 5.64. The van der Waals surface area contributed by atoms with Gasteiger partial charge < -0.3 is 10.1 Å². The van der Waals surface area contributed by atoms with Crippen LogP contribution in [-0.2, 0) is 9.53 Å². The molecule has 0 amide bonds. The van der Waals surface area contributed by atoms with E-state index in [4.69, 9.17) is 16.3 Å². The summed E-state index contributed by atoms with van der Waals surface area (Å²) in [5, 5.41) is 3.87. The Bertz CT molecular complexity index is 378. The first kappa shape index (κ1) is 13.8. The number of benzene rings is 1. The van der Waals surface area contributed by atoms with Gasteiger partial charge in [0.2, 0.25) is 0 Å². The molecule has 0 spiro atoms. The Hall–Kier alpha value is -1.22. The fourth-order valence-corrected chi connectivity index (χ4v) is 1.92. The minimum absolute atomic E-state index is 0.255. The predicted molar refractivity (Wildman–Crippen MR) is 70.4 cm³/mol. The van der Waals surface area contributed by atoms with Crippen LogP contribution in [0.5, 0.6) is 0 Å². The highest BCUT2D eigenvalue weighted by atomic mass is 35.5. The van der Waals surface area contributed by atoms with E-state index in [1.165, 1.54) is 7.11 Å². The second-order valence-electron chi connectivity index (χ2n) is 4.21. The Kier molecular flexibility index (Phi) is 4.82. The topological polar surface area (TPSA) is 38.3 Å². The van der Waals surface area contributed by atoms with Crippen molar-refractivity contribution in [3.05, 3.63) is 29.3 Å². The van der Waals surface area contributed by atoms with Crippen LogP contribution in [0.3, 0.4) is 0 Å². The highest BCUT2D eigenvalue weighted by Gasteiger charge is 2.33. The molecule has 0 saturated heterocycles. The molecule has 0 aliphatic carbocycles. The Balaban J connectivity index is 2.86. The van der Waals surface area contributed by atoms with Crippen molar-refractivity contribution in [2.24, 2.45) is 0 Å². The minimum atomic E-state index is -0.697. The highest BCUT2D eigenvalue weighted by molar-refractivity contribution is 6.30. The van der Waals surface area contributed by atoms with Crippen molar-refractivity contribution >= 4 is 23.3 Å². The molecule has 0 saturated carbocycles. The fourth-order valence-electron chi connectivity index (χ4n) is 1.79. The molecule has 17 heavy (non-hydrogen) atoms. The number of hydrogen-bond acceptors (Lipinski definition) is 3. The van der Waals surface area contributed by atoms with E-state index in [1.54, 1.807) is 12.1 Å². The van der Waals surface area contributed by atoms with Crippen LogP contribution in [0.25, 0.3) is 0 Å². The van der Waals surface area contributed by atoms with Gasteiger partial charge in [-0.15, -0.1) is 0 Å². The summed E-state index contributed by atoms with van der Waals surface area (Å²) >= 11 is 5.81. The van der Waals surface area contributed by atoms with Crippen LogP contribution in [-0.4, -0.2) is 18.6 Å². The molecule has 1 aromatic rings. The molecule has 0 bridgehead atoms. The second kappa shape index (κ2) is 5.92. The summed E-state index contributed by atoms with van der Waals surface area (Å²) in [7, 11) is 1.40. The maximum absolute atomic E-state index is 11.8. The third kappa shape index (κ3) is 3.63. The summed E-state index contributed by atoms with van der Waals surface area (Å²) in [4.78, 5) is 11.8. The van der Waals surface area contributed by atoms with E-state index in [-0.39, 0.29) is 5.97 Å². The molecule has 1 aromatic carbocycles. The number of esters is 1. The van der Waals surface area contributed by atoms with Crippen LogP contribution in [0.4, 0.5) is 5.69 Å². The van der Waals surface area contributed by atoms with E-state index in [0.29, 0.717) is 11.4 Å². The monoisotopic (exact) mass is 255 g/mol. The molecule has 1 rings (SSSR count). The Morgan fingerprint density at radius 1 is 1.41 bits per heavy atom. The number of carbonyl (C=O) groups excluding carboxylic acids is 1. The zero-order valence-corrected chi connectivity index (χ0v) is 11.2. The lowest BCUT2D eigenvalue weighted by Gasteiger charge is -2.28. The molecule has 0 fully saturated rings. The minimum Gasteiger partial charge on any atom is -0.467 e. The molecule has 0 radical (unpaired) electrons. The van der Waals surface area contributed by atoms with Gasteiger partial charge in [-0.05, 0) is 37.6 Å². The number of anilines is 1. The molecule has 0 aliphatic rings. The Morgan fingerprint density at radius 2 is 2.00 bits per heavy atom. The van der Waals surface area contributed by atoms with Crippen molar-refractivity contribution in [3.63, 3.8) is 0 Å². The first-order chi connectivity index (χ1) is 8.01. The van der Waals surface area contributed by atoms with Gasteiger partial charge in [0.25, 0.3) is 0 Å². The zero-order valence-electron chi connectivity index (χ0n) is 10.4. The van der Waals surface area contributed by atoms with Crippen molar-refractivity contribution in [2.45, 2.75) is 32.2 Å². The van der Waals surface area contributed by atoms with Crippen LogP contribution < -0.4 is 5.32 Å². The smallest absolute Gasteiger partial charge is 0.331 e. The van der Waals surface area contributed by atoms with E-state index >= 15 is 0 Å². The summed E-state index contributed by atoms with van der Waals surface area (Å²) < 4.78 is 4.84. The summed E-state index contributed by atoms with van der Waals surface area (Å²) in [5.41, 5.74) is 0.160. The van der Waals surface area contributed by atoms with Crippen molar-refractivity contribution in [1.29, 1.82) is 0 Å². The van der Waals surface area contributed by atoms with Crippen molar-refractivity contribution < 1.29 is 9.53 Å². The van der Waals surface area contributed by atoms with Crippen molar-refractivity contribution in [1.82, 2.24) is 0 Å². The first-order valence-corrected chi connectivity index (χ1v) is 6.02. The van der Waals surface area contributed by atoms with Crippen LogP contribution in [0.15, 0.2) is 24.3 Å². The third-order valence-electron chi connectivity index (χ3n) is 2.65. The lowest BCUT2D eigenvalue weighted by molar-refractivity contribution is -0.145. The molecule has 0 heterocycles. The van der Waals surface area contributed by atoms with E-state index in [2.05, 4.69) is 5.32 Å². The summed E-state index contributed by atoms with van der Waals surface area (Å²) in [6, 6.07) is 7.26. The van der Waals surface area contributed by atoms with E-state index in [1.807, 2.05) is 26.0 Å². The van der Waals surface area contributed by atoms with Gasteiger partial charge >= 0.3 is 5.97 Å². The third-order valence-corrected chi connectivity index (χ3v) is 2.90. The van der Waals surface area contributed by atoms with Gasteiger partial charge in [0.15, 0.2) is 0 Å². The summed E-state index contributed by atoms with van der Waals surface area (Å²) in [5.74, 6) is -0.255. The molecule has 94 valence electrons. The molecule has 1 N–H and O–H groups in total. The van der Waals surface area contributed by atoms with Gasteiger partial charge in [0.05, 0.1) is 7.11 Å². The zero-order chi connectivity index (χ0) is 12.9. The lowest BCUT2D eigenvalue weighted by Crippen LogP contribution is -2.44. The average Bonchev–Trinajstić information content (AvgIpc) is 2.31. The van der Waals surface area contributed by atoms with Crippen LogP contribution >= 0.6 is 11.6 Å². The maximum Gasteiger partial charge on any atom is 0.331 e. The van der Waals surface area contributed by atoms with E-state index in [0.717, 1.165) is 12.1 Å². The van der Waals surface area contributed by atoms with Gasteiger partial charge in [-0.2, -0.15) is 0 Å². The Labute approximate surface area is 107 Å². The lowest BCUT2D eigenvalue weighted by atomic mass is 9.96. The SMILES string of the molecule is CCCC(C)(Nc1ccc(Cl)cc1)C(=O)OC. The molecule has 3 nitrogen and oxygen atoms in total. The maximum atomic E-state index is 11.8. The van der Waals surface area contributed by atoms with Gasteiger partial charge in [-0.1, -0.05) is 24.9 Å². The van der Waals surface area contributed by atoms with Crippen LogP contribution in [0, 0.1) is 0 Å². The predicted octanol–water partition coefficient (Wildman–Crippen LogP) is 3.48. The Morgan fingerprint density at radius 3 is 2.47 bits per heavy atom. The molecule has 4 heteroatoms. The fraction of sp³-hybridized carbons (Fsp3) is 0.462. The molecular formula is C13H18ClNO2. The average molecular weight is 256 g/mol. The van der Waals surface area contributed by atoms with Gasteiger partial charge in [-0.25, -0.2) is 4.79 Å². The highest BCUT2D eigenvalue weighted by Crippen LogP contribution is 2.22. The largest absolute Gasteiger partial charge is 0.467 e. The number of halogens is 1. The number of nitrogens with one attached hydrogen (secondary N) is 1. The standard InChI is InChI=1S/C13H18ClNO2/c1-4-9-13(2,12(16)17-3)15-11-7-5-10(14)6-8-11/h5-8,15H,4,9H2,1-3H3. The van der Waals surface area contributed by atoms with Crippen LogP contribution in [0.2, 0.25) is 5.02 Å². The van der Waals surface area contributed by atoms with Crippen molar-refractivity contribution in [2.75, 3.05) is 12.4 Å². The van der Waals surface area contributed by atoms with Gasteiger partial charge in [-0.3, -0.25) is 0 Å². The second-order valence-corrected chi connectivity index (χ2v) is 4.64. The van der Waals surface area contributed by atoms with Gasteiger partial charge in [0.1, 0.15) is 5.54 Å². The number of ether oxygens (including phenoxy) is 1. The summed E-state index contributed by atoms with van der Waals surface area (Å²) in [6.45, 7) is 3.88. The number of carbonyl (C=O) groups is 1. The number of hydrogen-bond donors (Lipinski definition) is 1. The molecular weight excluding hydrogens is 238 g/mol. The van der Waals surface area contributed by atoms with Crippen LogP contribution in [0.1, 0.15) is 26.7 Å². The van der Waals surface area contributed by atoms with E-state index in [9.17, 15) is 4.79 Å². The molecule has 0 aliphatic heterocycles. The number of rotatable bonds is 5. The molecule has 1 atom stereocenters. The number of methoxy groups -OCH3 is 1. The molecule has 0 aromatic heterocycles. The molecule has 1 unspecified atom stereocenters. The van der Waals surface area contributed by atoms with Crippen molar-refractivity contribution in [3.8, 4) is 0 Å². The summed E-state index contributed by atoms with van der Waals surface area (Å²) in [6.07, 6.45) is 1.61. The van der Waals surface area contributed by atoms with E-state index < -0.39 is 5.54 Å². The quantitative estimate of drug-likeness (QED) is 0.819. The normalized spacial score (nSPS) is 13.9. The van der Waals surface area contributed by atoms with Gasteiger partial charge in [0, 0.05) is 10.7 Å².